The first-order valence-electron chi connectivity index (χ1n) is 9.81. The van der Waals surface area contributed by atoms with Crippen LogP contribution in [0, 0.1) is 0 Å². The van der Waals surface area contributed by atoms with Gasteiger partial charge in [0, 0.05) is 17.5 Å². The highest BCUT2D eigenvalue weighted by Crippen LogP contribution is 2.42. The average Bonchev–Trinajstić information content (AvgIpc) is 2.73. The Labute approximate surface area is 165 Å². The first kappa shape index (κ1) is 18.4. The van der Waals surface area contributed by atoms with Crippen molar-refractivity contribution in [2.75, 3.05) is 5.43 Å². The predicted octanol–water partition coefficient (Wildman–Crippen LogP) is 3.66. The number of anilines is 1. The second-order valence-corrected chi connectivity index (χ2v) is 7.74. The standard InChI is InChI=1S/C23H26N4O/c1-3-23(2)15-17-11-7-8-12-18(17)20-19(23)21(28)27(22(25-20)26-24)14-13-16-9-5-4-6-10-16/h4-12H,3,13-15,24H2,1-2H3,(H,25,26). The van der Waals surface area contributed by atoms with Crippen LogP contribution in [0.5, 0.6) is 0 Å². The number of nitrogens with zero attached hydrogens (tertiary/aromatic N) is 2. The van der Waals surface area contributed by atoms with Gasteiger partial charge >= 0.3 is 0 Å². The van der Waals surface area contributed by atoms with E-state index in [1.165, 1.54) is 11.1 Å². The molecule has 2 aromatic carbocycles. The minimum Gasteiger partial charge on any atom is -0.294 e. The highest BCUT2D eigenvalue weighted by molar-refractivity contribution is 5.72. The fourth-order valence-electron chi connectivity index (χ4n) is 4.21. The van der Waals surface area contributed by atoms with Gasteiger partial charge in [0.15, 0.2) is 0 Å². The van der Waals surface area contributed by atoms with Gasteiger partial charge in [-0.2, -0.15) is 0 Å². The fourth-order valence-corrected chi connectivity index (χ4v) is 4.21. The van der Waals surface area contributed by atoms with Gasteiger partial charge in [0.05, 0.1) is 11.3 Å². The van der Waals surface area contributed by atoms with Crippen molar-refractivity contribution >= 4 is 5.95 Å². The van der Waals surface area contributed by atoms with Crippen LogP contribution in [0.3, 0.4) is 0 Å². The molecular weight excluding hydrogens is 348 g/mol. The highest BCUT2D eigenvalue weighted by atomic mass is 16.1. The van der Waals surface area contributed by atoms with Gasteiger partial charge in [-0.25, -0.2) is 10.8 Å². The molecule has 0 saturated carbocycles. The Morgan fingerprint density at radius 1 is 1.14 bits per heavy atom. The van der Waals surface area contributed by atoms with E-state index in [9.17, 15) is 4.79 Å². The van der Waals surface area contributed by atoms with E-state index in [1.807, 2.05) is 36.4 Å². The summed E-state index contributed by atoms with van der Waals surface area (Å²) >= 11 is 0. The monoisotopic (exact) mass is 374 g/mol. The summed E-state index contributed by atoms with van der Waals surface area (Å²) in [6, 6.07) is 18.4. The van der Waals surface area contributed by atoms with Crippen molar-refractivity contribution in [1.82, 2.24) is 9.55 Å². The molecule has 0 amide bonds. The topological polar surface area (TPSA) is 72.9 Å². The third kappa shape index (κ3) is 3.02. The molecular formula is C23H26N4O. The van der Waals surface area contributed by atoms with E-state index < -0.39 is 0 Å². The van der Waals surface area contributed by atoms with E-state index in [0.717, 1.165) is 36.1 Å². The number of fused-ring (bicyclic) bond motifs is 3. The summed E-state index contributed by atoms with van der Waals surface area (Å²) in [6.45, 7) is 4.84. The van der Waals surface area contributed by atoms with Crippen LogP contribution >= 0.6 is 0 Å². The predicted molar refractivity (Wildman–Crippen MR) is 113 cm³/mol. The summed E-state index contributed by atoms with van der Waals surface area (Å²) in [5, 5.41) is 0. The summed E-state index contributed by atoms with van der Waals surface area (Å²) in [5.74, 6) is 6.18. The number of nitrogens with one attached hydrogen (secondary N) is 1. The van der Waals surface area contributed by atoms with Crippen molar-refractivity contribution in [1.29, 1.82) is 0 Å². The van der Waals surface area contributed by atoms with Crippen LogP contribution in [-0.2, 0) is 24.8 Å². The number of hydrazine groups is 1. The highest BCUT2D eigenvalue weighted by Gasteiger charge is 2.38. The Hall–Kier alpha value is -2.92. The van der Waals surface area contributed by atoms with Crippen molar-refractivity contribution in [2.45, 2.75) is 45.1 Å². The normalized spacial score (nSPS) is 17.7. The van der Waals surface area contributed by atoms with Gasteiger partial charge in [0.2, 0.25) is 5.95 Å². The summed E-state index contributed by atoms with van der Waals surface area (Å²) in [4.78, 5) is 18.4. The van der Waals surface area contributed by atoms with Gasteiger partial charge in [0.25, 0.3) is 5.56 Å². The number of benzene rings is 2. The van der Waals surface area contributed by atoms with E-state index >= 15 is 0 Å². The van der Waals surface area contributed by atoms with Crippen LogP contribution in [0.4, 0.5) is 5.95 Å². The van der Waals surface area contributed by atoms with E-state index in [2.05, 4.69) is 37.5 Å². The van der Waals surface area contributed by atoms with Crippen LogP contribution in [0.2, 0.25) is 0 Å². The number of nitrogens with two attached hydrogens (primary N) is 1. The molecule has 1 aliphatic rings. The van der Waals surface area contributed by atoms with Gasteiger partial charge in [-0.1, -0.05) is 68.4 Å². The number of aryl methyl sites for hydroxylation is 1. The molecule has 1 aromatic heterocycles. The number of hydrogen-bond acceptors (Lipinski definition) is 4. The van der Waals surface area contributed by atoms with Crippen molar-refractivity contribution < 1.29 is 0 Å². The van der Waals surface area contributed by atoms with Crippen LogP contribution in [0.1, 0.15) is 37.0 Å². The van der Waals surface area contributed by atoms with Crippen molar-refractivity contribution in [2.24, 2.45) is 5.84 Å². The van der Waals surface area contributed by atoms with Crippen LogP contribution in [0.15, 0.2) is 59.4 Å². The Bertz CT molecular complexity index is 1060. The molecule has 1 aliphatic carbocycles. The largest absolute Gasteiger partial charge is 0.294 e. The SMILES string of the molecule is CCC1(C)Cc2ccccc2-c2nc(NN)n(CCc3ccccc3)c(=O)c21. The maximum Gasteiger partial charge on any atom is 0.259 e. The summed E-state index contributed by atoms with van der Waals surface area (Å²) in [6.07, 6.45) is 2.46. The van der Waals surface area contributed by atoms with E-state index in [0.29, 0.717) is 12.5 Å². The van der Waals surface area contributed by atoms with Crippen LogP contribution in [-0.4, -0.2) is 9.55 Å². The molecule has 1 heterocycles. The number of hydrogen-bond donors (Lipinski definition) is 2. The molecule has 144 valence electrons. The van der Waals surface area contributed by atoms with Crippen molar-refractivity contribution in [3.05, 3.63) is 81.6 Å². The van der Waals surface area contributed by atoms with Gasteiger partial charge in [-0.3, -0.25) is 14.8 Å². The molecule has 0 radical (unpaired) electrons. The van der Waals surface area contributed by atoms with E-state index in [-0.39, 0.29) is 11.0 Å². The van der Waals surface area contributed by atoms with Crippen molar-refractivity contribution in [3.63, 3.8) is 0 Å². The molecule has 0 spiro atoms. The lowest BCUT2D eigenvalue weighted by Gasteiger charge is -2.35. The molecule has 1 atom stereocenters. The molecule has 4 rings (SSSR count). The Kier molecular flexibility index (Phi) is 4.77. The van der Waals surface area contributed by atoms with Gasteiger partial charge in [-0.05, 0) is 30.4 Å². The molecule has 5 heteroatoms. The van der Waals surface area contributed by atoms with Crippen molar-refractivity contribution in [3.8, 4) is 11.3 Å². The maximum atomic E-state index is 13.6. The lowest BCUT2D eigenvalue weighted by atomic mass is 9.69. The molecule has 1 unspecified atom stereocenters. The molecule has 0 saturated heterocycles. The first-order valence-corrected chi connectivity index (χ1v) is 9.81. The smallest absolute Gasteiger partial charge is 0.259 e. The molecule has 0 fully saturated rings. The molecule has 5 nitrogen and oxygen atoms in total. The summed E-state index contributed by atoms with van der Waals surface area (Å²) < 4.78 is 1.69. The molecule has 3 aromatic rings. The lowest BCUT2D eigenvalue weighted by Crippen LogP contribution is -2.40. The molecule has 3 N–H and O–H groups in total. The van der Waals surface area contributed by atoms with Crippen LogP contribution in [0.25, 0.3) is 11.3 Å². The molecule has 0 aliphatic heterocycles. The van der Waals surface area contributed by atoms with Gasteiger partial charge in [-0.15, -0.1) is 0 Å². The van der Waals surface area contributed by atoms with E-state index in [1.54, 1.807) is 4.57 Å². The minimum atomic E-state index is -0.241. The van der Waals surface area contributed by atoms with Gasteiger partial charge in [0.1, 0.15) is 0 Å². The number of nitrogen functional groups attached to an aromatic ring is 1. The Morgan fingerprint density at radius 2 is 1.86 bits per heavy atom. The lowest BCUT2D eigenvalue weighted by molar-refractivity contribution is 0.434. The van der Waals surface area contributed by atoms with E-state index in [4.69, 9.17) is 10.8 Å². The summed E-state index contributed by atoms with van der Waals surface area (Å²) in [5.41, 5.74) is 7.43. The molecule has 0 bridgehead atoms. The zero-order valence-corrected chi connectivity index (χ0v) is 16.4. The fraction of sp³-hybridized carbons (Fsp3) is 0.304. The zero-order valence-electron chi connectivity index (χ0n) is 16.4. The number of rotatable bonds is 5. The third-order valence-corrected chi connectivity index (χ3v) is 6.00. The maximum absolute atomic E-state index is 13.6. The minimum absolute atomic E-state index is 0.00716. The summed E-state index contributed by atoms with van der Waals surface area (Å²) in [7, 11) is 0. The Balaban J connectivity index is 1.87. The zero-order chi connectivity index (χ0) is 19.7. The third-order valence-electron chi connectivity index (χ3n) is 6.00. The second kappa shape index (κ2) is 7.24. The second-order valence-electron chi connectivity index (χ2n) is 7.74. The van der Waals surface area contributed by atoms with Crippen LogP contribution < -0.4 is 16.8 Å². The quantitative estimate of drug-likeness (QED) is 0.528. The molecule has 28 heavy (non-hydrogen) atoms. The van der Waals surface area contributed by atoms with Gasteiger partial charge < -0.3 is 0 Å². The Morgan fingerprint density at radius 3 is 2.57 bits per heavy atom. The first-order chi connectivity index (χ1) is 13.6. The number of aromatic nitrogens is 2. The average molecular weight is 374 g/mol.